The van der Waals surface area contributed by atoms with Crippen molar-refractivity contribution in [2.75, 3.05) is 33.2 Å². The Hall–Kier alpha value is -7.49. The van der Waals surface area contributed by atoms with Crippen LogP contribution >= 0.6 is 18.9 Å². The van der Waals surface area contributed by atoms with E-state index in [0.29, 0.717) is 73.3 Å². The highest BCUT2D eigenvalue weighted by Gasteiger charge is 2.51. The molecule has 3 unspecified atom stereocenters. The largest absolute Gasteiger partial charge is 0.399 e. The second kappa shape index (κ2) is 24.9. The molecule has 5 aliphatic rings. The van der Waals surface area contributed by atoms with Crippen molar-refractivity contribution in [2.45, 2.75) is 126 Å². The number of imide groups is 1. The van der Waals surface area contributed by atoms with E-state index in [-0.39, 0.29) is 85.5 Å². The third-order valence-corrected chi connectivity index (χ3v) is 18.0. The molecule has 0 spiro atoms. The lowest BCUT2D eigenvalue weighted by Crippen LogP contribution is -2.61. The number of fused-ring (bicyclic) bond motifs is 3. The minimum atomic E-state index is -5.87. The summed E-state index contributed by atoms with van der Waals surface area (Å²) in [6.45, 7) is 1.49. The van der Waals surface area contributed by atoms with E-state index in [9.17, 15) is 66.3 Å². The molecule has 4 fully saturated rings. The first-order valence-corrected chi connectivity index (χ1v) is 29.6. The third kappa shape index (κ3) is 13.2. The highest BCUT2D eigenvalue weighted by Crippen LogP contribution is 2.59. The monoisotopic (exact) mass is 1170 g/mol. The number of carbonyl (C=O) groups excluding carboxylic acids is 9. The van der Waals surface area contributed by atoms with Gasteiger partial charge in [0, 0.05) is 91.2 Å². The number of nitrogens with zero attached hydrogens (tertiary/aromatic N) is 5. The van der Waals surface area contributed by atoms with Gasteiger partial charge in [0.05, 0.1) is 4.88 Å². The number of hydrogen-bond acceptors (Lipinski definition) is 13. The van der Waals surface area contributed by atoms with E-state index in [1.54, 1.807) is 48.5 Å². The smallest absolute Gasteiger partial charge is 0.370 e. The number of likely N-dealkylation sites (N-methyl/N-ethyl adjacent to an activating group) is 1. The van der Waals surface area contributed by atoms with Gasteiger partial charge in [-0.2, -0.15) is 8.78 Å². The van der Waals surface area contributed by atoms with Crippen molar-refractivity contribution in [2.24, 2.45) is 11.7 Å². The van der Waals surface area contributed by atoms with Crippen LogP contribution < -0.4 is 27.0 Å². The number of rotatable bonds is 17. The molecule has 4 aromatic rings. The first-order valence-electron chi connectivity index (χ1n) is 27.2. The van der Waals surface area contributed by atoms with E-state index >= 15 is 0 Å². The van der Waals surface area contributed by atoms with Crippen LogP contribution in [0.15, 0.2) is 66.9 Å². The Labute approximate surface area is 474 Å². The molecule has 2 aromatic heterocycles. The summed E-state index contributed by atoms with van der Waals surface area (Å²) in [6, 6.07) is 8.73. The van der Waals surface area contributed by atoms with Crippen LogP contribution in [0.25, 0.3) is 10.1 Å². The Kier molecular flexibility index (Phi) is 18.0. The minimum absolute atomic E-state index is 0.000704. The van der Waals surface area contributed by atoms with Gasteiger partial charge in [-0.05, 0) is 124 Å². The van der Waals surface area contributed by atoms with Crippen LogP contribution in [0.2, 0.25) is 0 Å². The van der Waals surface area contributed by atoms with Crippen molar-refractivity contribution >= 4 is 82.2 Å². The van der Waals surface area contributed by atoms with Crippen molar-refractivity contribution in [3.05, 3.63) is 99.7 Å². The zero-order valence-corrected chi connectivity index (χ0v) is 46.5. The van der Waals surface area contributed by atoms with Crippen LogP contribution in [0, 0.1) is 17.8 Å². The predicted octanol–water partition coefficient (Wildman–Crippen LogP) is 2.63. The molecular weight excluding hydrogens is 1110 g/mol. The van der Waals surface area contributed by atoms with Crippen LogP contribution in [-0.2, 0) is 56.8 Å². The van der Waals surface area contributed by atoms with Gasteiger partial charge in [-0.3, -0.25) is 58.0 Å². The standard InChI is InChI=1S/C56H63F2N10O12PS/c1-65-24-22-37-13-15-44(68(37)55(77)42(31-65)63-52(74)46-28-34-27-35(12-17-45(34)82-46)56(57,58)81(78,79)80)51(73)61-40(14-18-47(59)69)49(71)62-41(29-36-10-4-5-23-60-36)54(76)66-25-20-32(21-26-66)7-2-3-8-33-9-6-11-38-39(33)30-67(53(38)75)43-16-19-48(70)64-50(43)72/h4-6,9-12,17,23,27-28,32,37,40-44H,2,7,13-16,18-22,24-26,29-31H2,1H3,(H2,59,69)(H,61,73)(H,62,71)(H,63,74)(H,64,70,72)(H2,78,79,80)/t37-,40?,41?,42+,43?,44+/m1/s1. The summed E-state index contributed by atoms with van der Waals surface area (Å²) >= 11 is 0.919. The van der Waals surface area contributed by atoms with Crippen LogP contribution in [0.5, 0.6) is 0 Å². The summed E-state index contributed by atoms with van der Waals surface area (Å²) in [5.41, 5.74) is 2.55. The minimum Gasteiger partial charge on any atom is -0.370 e. The molecule has 0 aliphatic carbocycles. The molecule has 434 valence electrons. The third-order valence-electron chi connectivity index (χ3n) is 15.9. The first-order chi connectivity index (χ1) is 39.1. The summed E-state index contributed by atoms with van der Waals surface area (Å²) in [5, 5.41) is 10.8. The Balaban J connectivity index is 0.833. The fourth-order valence-corrected chi connectivity index (χ4v) is 12.9. The lowest BCUT2D eigenvalue weighted by Gasteiger charge is -2.38. The molecule has 8 N–H and O–H groups in total. The number of thiophene rings is 1. The molecule has 7 heterocycles. The Morgan fingerprint density at radius 3 is 2.44 bits per heavy atom. The van der Waals surface area contributed by atoms with Gasteiger partial charge < -0.3 is 51.1 Å². The number of amides is 9. The van der Waals surface area contributed by atoms with Gasteiger partial charge in [-0.15, -0.1) is 11.3 Å². The molecule has 0 saturated carbocycles. The van der Waals surface area contributed by atoms with Crippen LogP contribution in [0.1, 0.15) is 113 Å². The number of primary amides is 1. The molecule has 82 heavy (non-hydrogen) atoms. The van der Waals surface area contributed by atoms with Gasteiger partial charge in [-0.25, -0.2) is 0 Å². The number of benzene rings is 2. The van der Waals surface area contributed by atoms with Gasteiger partial charge in [0.15, 0.2) is 0 Å². The van der Waals surface area contributed by atoms with E-state index in [1.165, 1.54) is 21.9 Å². The number of aromatic nitrogens is 1. The van der Waals surface area contributed by atoms with Gasteiger partial charge in [0.25, 0.3) is 11.8 Å². The van der Waals surface area contributed by atoms with Gasteiger partial charge in [0.1, 0.15) is 30.2 Å². The van der Waals surface area contributed by atoms with Crippen molar-refractivity contribution in [3.63, 3.8) is 0 Å². The Morgan fingerprint density at radius 1 is 0.939 bits per heavy atom. The molecule has 9 rings (SSSR count). The summed E-state index contributed by atoms with van der Waals surface area (Å²) < 4.78 is 41.0. The number of likely N-dealkylation sites (tertiary alicyclic amines) is 1. The lowest BCUT2D eigenvalue weighted by atomic mass is 9.91. The summed E-state index contributed by atoms with van der Waals surface area (Å²) in [4.78, 5) is 151. The zero-order chi connectivity index (χ0) is 58.6. The number of alkyl halides is 2. The number of nitrogens with two attached hydrogens (primary N) is 1. The molecule has 22 nitrogen and oxygen atoms in total. The summed E-state index contributed by atoms with van der Waals surface area (Å²) in [5.74, 6) is 1.66. The van der Waals surface area contributed by atoms with E-state index < -0.39 is 90.5 Å². The maximum atomic E-state index is 14.6. The van der Waals surface area contributed by atoms with Gasteiger partial charge in [0.2, 0.25) is 41.4 Å². The van der Waals surface area contributed by atoms with Gasteiger partial charge in [-0.1, -0.05) is 30.0 Å². The molecule has 9 amide bonds. The first kappa shape index (κ1) is 59.1. The van der Waals surface area contributed by atoms with Crippen molar-refractivity contribution in [3.8, 4) is 11.8 Å². The Bertz CT molecular complexity index is 3310. The van der Waals surface area contributed by atoms with Crippen molar-refractivity contribution in [1.29, 1.82) is 0 Å². The van der Waals surface area contributed by atoms with E-state index in [4.69, 9.17) is 5.73 Å². The molecule has 0 radical (unpaired) electrons. The predicted molar refractivity (Wildman–Crippen MR) is 293 cm³/mol. The van der Waals surface area contributed by atoms with Crippen molar-refractivity contribution < 1.29 is 66.3 Å². The maximum absolute atomic E-state index is 14.6. The number of carbonyl (C=O) groups is 9. The van der Waals surface area contributed by atoms with Crippen LogP contribution in [0.4, 0.5) is 8.78 Å². The molecule has 4 saturated heterocycles. The van der Waals surface area contributed by atoms with Crippen LogP contribution in [0.3, 0.4) is 0 Å². The van der Waals surface area contributed by atoms with Gasteiger partial charge >= 0.3 is 13.3 Å². The maximum Gasteiger partial charge on any atom is 0.399 e. The van der Waals surface area contributed by atoms with E-state index in [1.807, 2.05) is 11.0 Å². The number of nitrogens with one attached hydrogen (secondary N) is 4. The average Bonchev–Trinajstić information content (AvgIpc) is 4.34. The quantitative estimate of drug-likeness (QED) is 0.0455. The molecule has 5 aliphatic heterocycles. The lowest BCUT2D eigenvalue weighted by molar-refractivity contribution is -0.144. The average molecular weight is 1170 g/mol. The Morgan fingerprint density at radius 2 is 1.72 bits per heavy atom. The van der Waals surface area contributed by atoms with Crippen LogP contribution in [-0.4, -0.2) is 157 Å². The molecule has 2 aromatic carbocycles. The summed E-state index contributed by atoms with van der Waals surface area (Å²) in [6.07, 6.45) is 5.10. The second-order valence-electron chi connectivity index (χ2n) is 21.5. The number of hydrogen-bond donors (Lipinski definition) is 7. The SMILES string of the molecule is CN1CC[C@H]2CC[C@@H](C(=O)NC(CCC(N)=O)C(=O)NC(Cc3ccccn3)C(=O)N3CCC(CCC#Cc4cccc5c4CN(C4CCC(=O)NC4=O)C5=O)CC3)N2C(=O)[C@@H](NC(=O)c2cc3cc(C(F)(F)P(=O)(O)O)ccc3s2)C1. The fourth-order valence-electron chi connectivity index (χ4n) is 11.5. The van der Waals surface area contributed by atoms with E-state index in [0.717, 1.165) is 35.5 Å². The highest BCUT2D eigenvalue weighted by atomic mass is 32.1. The normalized spacial score (nSPS) is 21.5. The van der Waals surface area contributed by atoms with E-state index in [2.05, 4.69) is 38.1 Å². The second-order valence-corrected chi connectivity index (χ2v) is 24.2. The van der Waals surface area contributed by atoms with Crippen molar-refractivity contribution in [1.82, 2.24) is 45.9 Å². The molecule has 6 atom stereocenters. The fraction of sp³-hybridized carbons (Fsp3) is 0.464. The zero-order valence-electron chi connectivity index (χ0n) is 44.8. The molecular formula is C56H63F2N10O12PS. The highest BCUT2D eigenvalue weighted by molar-refractivity contribution is 7.52. The topological polar surface area (TPSA) is 311 Å². The number of halogens is 2. The summed E-state index contributed by atoms with van der Waals surface area (Å²) in [7, 11) is -4.10. The number of piperidine rings is 2. The number of pyridine rings is 1. The molecule has 26 heteroatoms. The molecule has 0 bridgehead atoms.